The van der Waals surface area contributed by atoms with Gasteiger partial charge in [0.25, 0.3) is 11.8 Å². The molecule has 1 N–H and O–H groups in total. The Kier molecular flexibility index (Phi) is 6.27. The number of morpholine rings is 1. The highest BCUT2D eigenvalue weighted by atomic mass is 35.5. The molecule has 6 heteroatoms. The van der Waals surface area contributed by atoms with Crippen LogP contribution in [0.3, 0.4) is 0 Å². The summed E-state index contributed by atoms with van der Waals surface area (Å²) in [5.41, 5.74) is 2.57. The molecule has 0 bridgehead atoms. The second-order valence-electron chi connectivity index (χ2n) is 6.33. The van der Waals surface area contributed by atoms with Crippen molar-refractivity contribution in [2.45, 2.75) is 6.92 Å². The predicted molar refractivity (Wildman–Crippen MR) is 105 cm³/mol. The minimum atomic E-state index is -0.322. The second-order valence-corrected chi connectivity index (χ2v) is 6.77. The third kappa shape index (κ3) is 5.18. The van der Waals surface area contributed by atoms with Crippen LogP contribution in [0.25, 0.3) is 6.08 Å². The van der Waals surface area contributed by atoms with Crippen molar-refractivity contribution in [3.05, 3.63) is 75.9 Å². The van der Waals surface area contributed by atoms with Crippen molar-refractivity contribution in [2.24, 2.45) is 0 Å². The number of benzene rings is 2. The Morgan fingerprint density at radius 3 is 2.30 bits per heavy atom. The summed E-state index contributed by atoms with van der Waals surface area (Å²) in [5.74, 6) is -0.550. The lowest BCUT2D eigenvalue weighted by molar-refractivity contribution is -0.131. The zero-order valence-corrected chi connectivity index (χ0v) is 15.8. The number of hydrogen-bond acceptors (Lipinski definition) is 3. The van der Waals surface area contributed by atoms with Gasteiger partial charge in [-0.15, -0.1) is 0 Å². The van der Waals surface area contributed by atoms with Gasteiger partial charge in [-0.1, -0.05) is 41.4 Å². The molecule has 1 heterocycles. The molecule has 2 amide bonds. The number of aryl methyl sites for hydroxylation is 1. The maximum Gasteiger partial charge on any atom is 0.270 e. The molecule has 1 fully saturated rings. The van der Waals surface area contributed by atoms with Gasteiger partial charge < -0.3 is 15.0 Å². The Labute approximate surface area is 163 Å². The fourth-order valence-corrected chi connectivity index (χ4v) is 2.84. The molecule has 0 spiro atoms. The average Bonchev–Trinajstić information content (AvgIpc) is 2.69. The molecule has 2 aromatic carbocycles. The van der Waals surface area contributed by atoms with Crippen molar-refractivity contribution in [3.8, 4) is 0 Å². The number of halogens is 1. The minimum absolute atomic E-state index is 0.227. The van der Waals surface area contributed by atoms with Crippen LogP contribution in [-0.4, -0.2) is 43.0 Å². The first kappa shape index (κ1) is 19.1. The monoisotopic (exact) mass is 384 g/mol. The summed E-state index contributed by atoms with van der Waals surface area (Å²) in [5, 5.41) is 3.38. The highest BCUT2D eigenvalue weighted by Crippen LogP contribution is 2.14. The van der Waals surface area contributed by atoms with Crippen molar-refractivity contribution in [1.29, 1.82) is 0 Å². The smallest absolute Gasteiger partial charge is 0.270 e. The highest BCUT2D eigenvalue weighted by Gasteiger charge is 2.22. The molecule has 2 aromatic rings. The summed E-state index contributed by atoms with van der Waals surface area (Å²) in [7, 11) is 0. The number of amides is 2. The van der Waals surface area contributed by atoms with Crippen LogP contribution < -0.4 is 5.32 Å². The fraction of sp³-hybridized carbons (Fsp3) is 0.238. The van der Waals surface area contributed by atoms with Crippen LogP contribution in [0, 0.1) is 6.92 Å². The highest BCUT2D eigenvalue weighted by molar-refractivity contribution is 6.30. The maximum atomic E-state index is 13.0. The molecule has 1 aliphatic heterocycles. The first-order valence-corrected chi connectivity index (χ1v) is 9.13. The fourth-order valence-electron chi connectivity index (χ4n) is 2.71. The van der Waals surface area contributed by atoms with Gasteiger partial charge in [0.1, 0.15) is 5.70 Å². The summed E-state index contributed by atoms with van der Waals surface area (Å²) in [6, 6.07) is 14.3. The Bertz CT molecular complexity index is 839. The molecule has 3 rings (SSSR count). The van der Waals surface area contributed by atoms with Gasteiger partial charge in [-0.25, -0.2) is 0 Å². The molecule has 0 aromatic heterocycles. The molecule has 0 atom stereocenters. The first-order valence-electron chi connectivity index (χ1n) is 8.75. The quantitative estimate of drug-likeness (QED) is 0.823. The van der Waals surface area contributed by atoms with E-state index in [1.165, 1.54) is 0 Å². The van der Waals surface area contributed by atoms with E-state index in [1.807, 2.05) is 19.1 Å². The molecular formula is C21H21ClN2O3. The van der Waals surface area contributed by atoms with E-state index in [9.17, 15) is 9.59 Å². The summed E-state index contributed by atoms with van der Waals surface area (Å²) in [6.45, 7) is 3.93. The zero-order valence-electron chi connectivity index (χ0n) is 15.1. The van der Waals surface area contributed by atoms with Gasteiger partial charge in [-0.2, -0.15) is 0 Å². The van der Waals surface area contributed by atoms with Gasteiger partial charge in [0.05, 0.1) is 13.2 Å². The molecular weight excluding hydrogens is 364 g/mol. The SMILES string of the molecule is Cc1ccc(C(=O)NC(=Cc2ccc(Cl)cc2)C(=O)N2CCOCC2)cc1. The van der Waals surface area contributed by atoms with E-state index >= 15 is 0 Å². The summed E-state index contributed by atoms with van der Waals surface area (Å²) >= 11 is 5.93. The van der Waals surface area contributed by atoms with Crippen LogP contribution in [0.5, 0.6) is 0 Å². The van der Waals surface area contributed by atoms with Gasteiger partial charge >= 0.3 is 0 Å². The summed E-state index contributed by atoms with van der Waals surface area (Å²) in [6.07, 6.45) is 1.67. The average molecular weight is 385 g/mol. The molecule has 0 aliphatic carbocycles. The predicted octanol–water partition coefficient (Wildman–Crippen LogP) is 3.28. The van der Waals surface area contributed by atoms with Crippen molar-refractivity contribution in [3.63, 3.8) is 0 Å². The van der Waals surface area contributed by atoms with Crippen LogP contribution in [0.1, 0.15) is 21.5 Å². The number of carbonyl (C=O) groups excluding carboxylic acids is 2. The van der Waals surface area contributed by atoms with Crippen LogP contribution in [0.2, 0.25) is 5.02 Å². The molecule has 1 saturated heterocycles. The van der Waals surface area contributed by atoms with Crippen molar-refractivity contribution in [2.75, 3.05) is 26.3 Å². The van der Waals surface area contributed by atoms with Crippen LogP contribution in [0.4, 0.5) is 0 Å². The van der Waals surface area contributed by atoms with E-state index < -0.39 is 0 Å². The Balaban J connectivity index is 1.86. The number of carbonyl (C=O) groups is 2. The molecule has 0 saturated carbocycles. The van der Waals surface area contributed by atoms with Crippen molar-refractivity contribution in [1.82, 2.24) is 10.2 Å². The first-order chi connectivity index (χ1) is 13.0. The van der Waals surface area contributed by atoms with Crippen LogP contribution in [-0.2, 0) is 9.53 Å². The van der Waals surface area contributed by atoms with E-state index in [0.717, 1.165) is 11.1 Å². The van der Waals surface area contributed by atoms with Crippen LogP contribution >= 0.6 is 11.6 Å². The second kappa shape index (κ2) is 8.84. The van der Waals surface area contributed by atoms with E-state index in [4.69, 9.17) is 16.3 Å². The van der Waals surface area contributed by atoms with E-state index in [0.29, 0.717) is 36.9 Å². The minimum Gasteiger partial charge on any atom is -0.378 e. The third-order valence-electron chi connectivity index (χ3n) is 4.27. The van der Waals surface area contributed by atoms with Crippen molar-refractivity contribution < 1.29 is 14.3 Å². The summed E-state index contributed by atoms with van der Waals surface area (Å²) < 4.78 is 5.31. The van der Waals surface area contributed by atoms with Gasteiger partial charge in [0, 0.05) is 23.7 Å². The van der Waals surface area contributed by atoms with E-state index in [2.05, 4.69) is 5.32 Å². The number of rotatable bonds is 4. The Morgan fingerprint density at radius 1 is 1.04 bits per heavy atom. The number of hydrogen-bond donors (Lipinski definition) is 1. The van der Waals surface area contributed by atoms with Gasteiger partial charge in [-0.3, -0.25) is 9.59 Å². The largest absolute Gasteiger partial charge is 0.378 e. The van der Waals surface area contributed by atoms with Gasteiger partial charge in [0.15, 0.2) is 0 Å². The lowest BCUT2D eigenvalue weighted by Crippen LogP contribution is -2.44. The molecule has 0 unspecified atom stereocenters. The number of nitrogens with zero attached hydrogens (tertiary/aromatic N) is 1. The Hall–Kier alpha value is -2.63. The zero-order chi connectivity index (χ0) is 19.2. The summed E-state index contributed by atoms with van der Waals surface area (Å²) in [4.78, 5) is 27.3. The maximum absolute atomic E-state index is 13.0. The molecule has 140 valence electrons. The molecule has 27 heavy (non-hydrogen) atoms. The number of ether oxygens (including phenoxy) is 1. The van der Waals surface area contributed by atoms with Gasteiger partial charge in [-0.05, 0) is 42.8 Å². The van der Waals surface area contributed by atoms with E-state index in [1.54, 1.807) is 47.4 Å². The topological polar surface area (TPSA) is 58.6 Å². The third-order valence-corrected chi connectivity index (χ3v) is 4.52. The molecule has 0 radical (unpaired) electrons. The molecule has 1 aliphatic rings. The normalized spacial score (nSPS) is 14.7. The lowest BCUT2D eigenvalue weighted by atomic mass is 10.1. The van der Waals surface area contributed by atoms with Crippen LogP contribution in [0.15, 0.2) is 54.2 Å². The molecule has 5 nitrogen and oxygen atoms in total. The van der Waals surface area contributed by atoms with Crippen molar-refractivity contribution >= 4 is 29.5 Å². The van der Waals surface area contributed by atoms with E-state index in [-0.39, 0.29) is 17.5 Å². The van der Waals surface area contributed by atoms with Gasteiger partial charge in [0.2, 0.25) is 0 Å². The lowest BCUT2D eigenvalue weighted by Gasteiger charge is -2.27. The number of nitrogens with one attached hydrogen (secondary N) is 1. The Morgan fingerprint density at radius 2 is 1.67 bits per heavy atom. The standard InChI is InChI=1S/C21H21ClN2O3/c1-15-2-6-17(7-3-15)20(25)23-19(14-16-4-8-18(22)9-5-16)21(26)24-10-12-27-13-11-24/h2-9,14H,10-13H2,1H3,(H,23,25).